The summed E-state index contributed by atoms with van der Waals surface area (Å²) in [5.74, 6) is 1.04. The number of rotatable bonds is 8. The van der Waals surface area contributed by atoms with Crippen LogP contribution in [0.2, 0.25) is 0 Å². The van der Waals surface area contributed by atoms with Gasteiger partial charge >= 0.3 is 0 Å². The first-order valence-electron chi connectivity index (χ1n) is 9.60. The van der Waals surface area contributed by atoms with Crippen LogP contribution in [0.5, 0.6) is 11.5 Å². The van der Waals surface area contributed by atoms with Crippen molar-refractivity contribution < 1.29 is 22.7 Å². The van der Waals surface area contributed by atoms with Crippen LogP contribution in [0.15, 0.2) is 36.4 Å². The van der Waals surface area contributed by atoms with Crippen LogP contribution >= 0.6 is 22.6 Å². The van der Waals surface area contributed by atoms with E-state index in [1.54, 1.807) is 26.4 Å². The highest BCUT2D eigenvalue weighted by molar-refractivity contribution is 14.1. The number of hydrogen-bond donors (Lipinski definition) is 1. The molecule has 2 aromatic rings. The molecule has 0 spiro atoms. The van der Waals surface area contributed by atoms with Crippen molar-refractivity contribution in [3.05, 3.63) is 56.7 Å². The van der Waals surface area contributed by atoms with Gasteiger partial charge in [0.25, 0.3) is 5.91 Å². The molecular weight excluding hydrogens is 519 g/mol. The van der Waals surface area contributed by atoms with Crippen molar-refractivity contribution in [2.24, 2.45) is 0 Å². The van der Waals surface area contributed by atoms with E-state index in [-0.39, 0.29) is 11.7 Å². The van der Waals surface area contributed by atoms with E-state index in [9.17, 15) is 13.2 Å². The number of nitrogens with one attached hydrogen (secondary N) is 1. The predicted octanol–water partition coefficient (Wildman–Crippen LogP) is 2.82. The minimum Gasteiger partial charge on any atom is -0.493 e. The fraction of sp³-hybridized carbons (Fsp3) is 0.381. The van der Waals surface area contributed by atoms with E-state index in [0.717, 1.165) is 14.7 Å². The summed E-state index contributed by atoms with van der Waals surface area (Å²) in [6.45, 7) is 1.05. The number of halogens is 1. The summed E-state index contributed by atoms with van der Waals surface area (Å²) < 4.78 is 38.6. The molecule has 7 nitrogen and oxygen atoms in total. The summed E-state index contributed by atoms with van der Waals surface area (Å²) >= 11 is 2.11. The molecule has 0 atom stereocenters. The van der Waals surface area contributed by atoms with Crippen molar-refractivity contribution in [2.75, 3.05) is 33.1 Å². The van der Waals surface area contributed by atoms with Crippen LogP contribution in [0.25, 0.3) is 0 Å². The Hall–Kier alpha value is -1.85. The second-order valence-electron chi connectivity index (χ2n) is 6.96. The molecule has 1 amide bonds. The third-order valence-corrected chi connectivity index (χ3v) is 7.90. The van der Waals surface area contributed by atoms with Crippen LogP contribution in [-0.4, -0.2) is 51.7 Å². The van der Waals surface area contributed by atoms with Crippen molar-refractivity contribution in [3.63, 3.8) is 0 Å². The van der Waals surface area contributed by atoms with E-state index >= 15 is 0 Å². The van der Waals surface area contributed by atoms with Crippen molar-refractivity contribution in [1.29, 1.82) is 0 Å². The topological polar surface area (TPSA) is 84.9 Å². The van der Waals surface area contributed by atoms with Crippen LogP contribution in [0, 0.1) is 3.57 Å². The van der Waals surface area contributed by atoms with Crippen molar-refractivity contribution >= 4 is 38.5 Å². The highest BCUT2D eigenvalue weighted by atomic mass is 127. The zero-order valence-electron chi connectivity index (χ0n) is 17.0. The number of carbonyl (C=O) groups excluding carboxylic acids is 1. The van der Waals surface area contributed by atoms with E-state index in [2.05, 4.69) is 27.9 Å². The molecule has 3 rings (SSSR count). The van der Waals surface area contributed by atoms with Crippen LogP contribution in [0.4, 0.5) is 0 Å². The quantitative estimate of drug-likeness (QED) is 0.408. The first-order valence-corrected chi connectivity index (χ1v) is 12.3. The Morgan fingerprint density at radius 2 is 1.80 bits per heavy atom. The summed E-state index contributed by atoms with van der Waals surface area (Å²) in [6, 6.07) is 11.0. The summed E-state index contributed by atoms with van der Waals surface area (Å²) in [4.78, 5) is 12.2. The van der Waals surface area contributed by atoms with Gasteiger partial charge in [0.1, 0.15) is 0 Å². The average molecular weight is 544 g/mol. The average Bonchev–Trinajstić information content (AvgIpc) is 2.75. The third-order valence-electron chi connectivity index (χ3n) is 5.06. The van der Waals surface area contributed by atoms with Gasteiger partial charge in [-0.1, -0.05) is 12.1 Å². The molecule has 1 N–H and O–H groups in total. The van der Waals surface area contributed by atoms with E-state index in [4.69, 9.17) is 9.47 Å². The minimum absolute atomic E-state index is 0.0121. The zero-order chi connectivity index (χ0) is 21.7. The van der Waals surface area contributed by atoms with Crippen molar-refractivity contribution in [1.82, 2.24) is 9.62 Å². The highest BCUT2D eigenvalue weighted by Gasteiger charge is 2.27. The summed E-state index contributed by atoms with van der Waals surface area (Å²) in [5.41, 5.74) is 2.59. The van der Waals surface area contributed by atoms with Crippen LogP contribution in [-0.2, 0) is 23.0 Å². The Bertz CT molecular complexity index is 1030. The van der Waals surface area contributed by atoms with Gasteiger partial charge in [-0.15, -0.1) is 0 Å². The smallest absolute Gasteiger partial charge is 0.252 e. The number of hydrogen-bond acceptors (Lipinski definition) is 5. The molecule has 9 heteroatoms. The Morgan fingerprint density at radius 1 is 1.13 bits per heavy atom. The Morgan fingerprint density at radius 3 is 2.47 bits per heavy atom. The van der Waals surface area contributed by atoms with Gasteiger partial charge in [-0.25, -0.2) is 8.42 Å². The minimum atomic E-state index is -3.42. The Kier molecular flexibility index (Phi) is 7.59. The van der Waals surface area contributed by atoms with Crippen LogP contribution in [0.1, 0.15) is 27.9 Å². The van der Waals surface area contributed by atoms with Gasteiger partial charge in [-0.05, 0) is 70.8 Å². The molecule has 0 aliphatic carbocycles. The molecule has 1 aliphatic heterocycles. The van der Waals surface area contributed by atoms with Crippen molar-refractivity contribution in [3.8, 4) is 11.5 Å². The van der Waals surface area contributed by atoms with Crippen LogP contribution in [0.3, 0.4) is 0 Å². The number of nitrogens with zero attached hydrogens (tertiary/aromatic N) is 1. The molecule has 1 aliphatic rings. The van der Waals surface area contributed by atoms with E-state index in [1.165, 1.54) is 4.31 Å². The number of fused-ring (bicyclic) bond motifs is 1. The van der Waals surface area contributed by atoms with Gasteiger partial charge in [0.05, 0.1) is 25.5 Å². The SMILES string of the molecule is COc1cc2c(cc1OC)CN(S(=O)(=O)CCCNC(=O)c1ccccc1I)CC2. The monoisotopic (exact) mass is 544 g/mol. The lowest BCUT2D eigenvalue weighted by Crippen LogP contribution is -2.38. The lowest BCUT2D eigenvalue weighted by molar-refractivity contribution is 0.0952. The molecule has 162 valence electrons. The molecule has 2 aromatic carbocycles. The fourth-order valence-electron chi connectivity index (χ4n) is 3.42. The predicted molar refractivity (Wildman–Crippen MR) is 124 cm³/mol. The maximum Gasteiger partial charge on any atom is 0.252 e. The largest absolute Gasteiger partial charge is 0.493 e. The number of amides is 1. The van der Waals surface area contributed by atoms with Crippen LogP contribution < -0.4 is 14.8 Å². The van der Waals surface area contributed by atoms with Gasteiger partial charge < -0.3 is 14.8 Å². The van der Waals surface area contributed by atoms with E-state index in [1.807, 2.05) is 24.3 Å². The van der Waals surface area contributed by atoms with Gasteiger partial charge in [0, 0.05) is 23.2 Å². The molecule has 30 heavy (non-hydrogen) atoms. The van der Waals surface area contributed by atoms with Gasteiger partial charge in [0.15, 0.2) is 11.5 Å². The Labute approximate surface area is 190 Å². The molecule has 1 heterocycles. The normalized spacial score (nSPS) is 14.1. The second kappa shape index (κ2) is 9.97. The molecule has 0 saturated carbocycles. The van der Waals surface area contributed by atoms with E-state index in [0.29, 0.717) is 49.5 Å². The molecule has 0 fully saturated rings. The molecule has 0 saturated heterocycles. The lowest BCUT2D eigenvalue weighted by Gasteiger charge is -2.29. The Balaban J connectivity index is 1.56. The van der Waals surface area contributed by atoms with Gasteiger partial charge in [-0.3, -0.25) is 4.79 Å². The number of sulfonamides is 1. The first-order chi connectivity index (χ1) is 14.4. The highest BCUT2D eigenvalue weighted by Crippen LogP contribution is 2.33. The van der Waals surface area contributed by atoms with Gasteiger partial charge in [-0.2, -0.15) is 4.31 Å². The second-order valence-corrected chi connectivity index (χ2v) is 10.2. The van der Waals surface area contributed by atoms with E-state index < -0.39 is 10.0 Å². The summed E-state index contributed by atoms with van der Waals surface area (Å²) in [6.07, 6.45) is 0.977. The molecule has 0 radical (unpaired) electrons. The summed E-state index contributed by atoms with van der Waals surface area (Å²) in [7, 11) is -0.277. The van der Waals surface area contributed by atoms with Gasteiger partial charge in [0.2, 0.25) is 10.0 Å². The standard InChI is InChI=1S/C21H25IN2O5S/c1-28-19-12-15-8-10-24(14-16(15)13-20(19)29-2)30(26,27)11-5-9-23-21(25)17-6-3-4-7-18(17)22/h3-4,6-7,12-13H,5,8-11,14H2,1-2H3,(H,23,25). The molecule has 0 unspecified atom stereocenters. The molecule has 0 bridgehead atoms. The molecular formula is C21H25IN2O5S. The number of methoxy groups -OCH3 is 2. The molecule has 0 aromatic heterocycles. The number of benzene rings is 2. The van der Waals surface area contributed by atoms with Crippen molar-refractivity contribution in [2.45, 2.75) is 19.4 Å². The third kappa shape index (κ3) is 5.25. The maximum absolute atomic E-state index is 12.8. The lowest BCUT2D eigenvalue weighted by atomic mass is 10.0. The number of carbonyl (C=O) groups is 1. The first kappa shape index (κ1) is 22.8. The maximum atomic E-state index is 12.8. The zero-order valence-corrected chi connectivity index (χ0v) is 20.0. The number of ether oxygens (including phenoxy) is 2. The summed E-state index contributed by atoms with van der Waals surface area (Å²) in [5, 5.41) is 2.80. The fourth-order valence-corrected chi connectivity index (χ4v) is 5.53.